The Kier molecular flexibility index (Phi) is 5.77. The molecular weight excluding hydrogens is 452 g/mol. The summed E-state index contributed by atoms with van der Waals surface area (Å²) in [4.78, 5) is 22.1. The minimum Gasteiger partial charge on any atom is -0.351 e. The summed E-state index contributed by atoms with van der Waals surface area (Å²) < 4.78 is 53.6. The minimum absolute atomic E-state index is 0.0216. The fourth-order valence-electron chi connectivity index (χ4n) is 3.75. The van der Waals surface area contributed by atoms with E-state index in [0.717, 1.165) is 6.20 Å². The maximum Gasteiger partial charge on any atom is 0.183 e. The summed E-state index contributed by atoms with van der Waals surface area (Å²) in [5.41, 5.74) is 0.807. The summed E-state index contributed by atoms with van der Waals surface area (Å²) >= 11 is 0. The summed E-state index contributed by atoms with van der Waals surface area (Å²) in [6.07, 6.45) is 0.997. The average molecular weight is 476 g/mol. The molecule has 174 valence electrons. The van der Waals surface area contributed by atoms with Crippen LogP contribution in [0, 0.1) is 11.6 Å². The lowest BCUT2D eigenvalue weighted by Crippen LogP contribution is -2.53. The summed E-state index contributed by atoms with van der Waals surface area (Å²) in [6.45, 7) is 4.75. The largest absolute Gasteiger partial charge is 0.351 e. The molecule has 3 heterocycles. The predicted octanol–water partition coefficient (Wildman–Crippen LogP) is 2.88. The Morgan fingerprint density at radius 2 is 1.91 bits per heavy atom. The van der Waals surface area contributed by atoms with Gasteiger partial charge in [-0.3, -0.25) is 9.48 Å². The van der Waals surface area contributed by atoms with Crippen molar-refractivity contribution in [2.75, 3.05) is 23.7 Å². The van der Waals surface area contributed by atoms with Crippen molar-refractivity contribution in [3.63, 3.8) is 0 Å². The van der Waals surface area contributed by atoms with Gasteiger partial charge in [0.2, 0.25) is 0 Å². The zero-order valence-corrected chi connectivity index (χ0v) is 19.2. The van der Waals surface area contributed by atoms with Gasteiger partial charge in [0, 0.05) is 25.6 Å². The number of ketones is 1. The van der Waals surface area contributed by atoms with E-state index in [-0.39, 0.29) is 54.2 Å². The number of halogens is 2. The van der Waals surface area contributed by atoms with Crippen LogP contribution < -0.4 is 4.90 Å². The van der Waals surface area contributed by atoms with Gasteiger partial charge >= 0.3 is 0 Å². The van der Waals surface area contributed by atoms with Crippen molar-refractivity contribution in [1.82, 2.24) is 19.7 Å². The second-order valence-corrected chi connectivity index (χ2v) is 11.3. The van der Waals surface area contributed by atoms with Crippen molar-refractivity contribution in [2.45, 2.75) is 32.1 Å². The van der Waals surface area contributed by atoms with Gasteiger partial charge in [0.05, 0.1) is 23.2 Å². The minimum atomic E-state index is -3.31. The summed E-state index contributed by atoms with van der Waals surface area (Å²) in [6, 6.07) is 7.65. The number of rotatable bonds is 5. The number of nitrogens with zero attached hydrogens (tertiary/aromatic N) is 5. The molecule has 1 aliphatic rings. The van der Waals surface area contributed by atoms with Crippen molar-refractivity contribution >= 4 is 21.4 Å². The highest BCUT2D eigenvalue weighted by molar-refractivity contribution is 7.92. The van der Waals surface area contributed by atoms with Crippen molar-refractivity contribution in [3.8, 4) is 11.5 Å². The van der Waals surface area contributed by atoms with E-state index in [1.54, 1.807) is 36.9 Å². The number of aromatic nitrogens is 4. The molecule has 1 saturated heterocycles. The molecule has 0 radical (unpaired) electrons. The van der Waals surface area contributed by atoms with E-state index in [4.69, 9.17) is 0 Å². The third-order valence-corrected chi connectivity index (χ3v) is 8.25. The van der Waals surface area contributed by atoms with Crippen molar-refractivity contribution in [2.24, 2.45) is 0 Å². The number of Topliss-reactive ketones (excluding diaryl/α,β-unsaturated/α-hetero) is 1. The number of benzene rings is 1. The van der Waals surface area contributed by atoms with Gasteiger partial charge in [0.1, 0.15) is 17.2 Å². The number of sulfone groups is 1. The predicted molar refractivity (Wildman–Crippen MR) is 119 cm³/mol. The van der Waals surface area contributed by atoms with Crippen LogP contribution in [-0.4, -0.2) is 57.5 Å². The molecule has 11 heteroatoms. The first-order valence-corrected chi connectivity index (χ1v) is 12.0. The second-order valence-electron chi connectivity index (χ2n) is 8.59. The average Bonchev–Trinajstić information content (AvgIpc) is 3.16. The lowest BCUT2D eigenvalue weighted by atomic mass is 10.2. The fourth-order valence-corrected chi connectivity index (χ4v) is 5.11. The number of hydrogen-bond acceptors (Lipinski definition) is 7. The standard InChI is InChI=1S/C22H23F2N5O3S/c1-14(30)19-10-18(27-29(19)12-15-6-4-5-7-16(15)23)20-25-11-17(24)21(26-20)28-8-9-33(31,32)22(2,3)13-28/h4-7,10-11H,8-9,12-13H2,1-3H3. The molecule has 0 spiro atoms. The van der Waals surface area contributed by atoms with Gasteiger partial charge in [0.25, 0.3) is 0 Å². The molecule has 0 N–H and O–H groups in total. The zero-order chi connectivity index (χ0) is 24.0. The van der Waals surface area contributed by atoms with E-state index < -0.39 is 26.2 Å². The molecule has 1 aromatic carbocycles. The maximum absolute atomic E-state index is 14.6. The first-order chi connectivity index (χ1) is 15.5. The molecule has 0 bridgehead atoms. The van der Waals surface area contributed by atoms with Crippen LogP contribution in [0.25, 0.3) is 11.5 Å². The first-order valence-electron chi connectivity index (χ1n) is 10.3. The van der Waals surface area contributed by atoms with E-state index in [9.17, 15) is 22.0 Å². The van der Waals surface area contributed by atoms with Crippen LogP contribution in [0.4, 0.5) is 14.6 Å². The molecule has 0 unspecified atom stereocenters. The highest BCUT2D eigenvalue weighted by atomic mass is 32.2. The molecule has 0 aliphatic carbocycles. The van der Waals surface area contributed by atoms with Crippen LogP contribution in [0.3, 0.4) is 0 Å². The number of hydrogen-bond donors (Lipinski definition) is 0. The van der Waals surface area contributed by atoms with E-state index >= 15 is 0 Å². The zero-order valence-electron chi connectivity index (χ0n) is 18.4. The molecule has 8 nitrogen and oxygen atoms in total. The van der Waals surface area contributed by atoms with Gasteiger partial charge < -0.3 is 4.90 Å². The van der Waals surface area contributed by atoms with E-state index in [0.29, 0.717) is 5.56 Å². The van der Waals surface area contributed by atoms with E-state index in [2.05, 4.69) is 15.1 Å². The monoisotopic (exact) mass is 475 g/mol. The lowest BCUT2D eigenvalue weighted by Gasteiger charge is -2.38. The number of carbonyl (C=O) groups is 1. The third-order valence-electron chi connectivity index (χ3n) is 5.72. The topological polar surface area (TPSA) is 98.1 Å². The summed E-state index contributed by atoms with van der Waals surface area (Å²) in [7, 11) is -3.31. The van der Waals surface area contributed by atoms with Crippen LogP contribution >= 0.6 is 0 Å². The Morgan fingerprint density at radius 1 is 1.18 bits per heavy atom. The summed E-state index contributed by atoms with van der Waals surface area (Å²) in [5.74, 6) is -1.47. The molecule has 0 amide bonds. The van der Waals surface area contributed by atoms with Crippen LogP contribution in [0.1, 0.15) is 36.8 Å². The van der Waals surface area contributed by atoms with Crippen molar-refractivity contribution in [3.05, 3.63) is 59.4 Å². The van der Waals surface area contributed by atoms with Crippen LogP contribution in [0.2, 0.25) is 0 Å². The lowest BCUT2D eigenvalue weighted by molar-refractivity contribution is 0.100. The SMILES string of the molecule is CC(=O)c1cc(-c2ncc(F)c(N3CCS(=O)(=O)C(C)(C)C3)n2)nn1Cc1ccccc1F. The number of carbonyl (C=O) groups excluding carboxylic acids is 1. The second kappa shape index (κ2) is 8.29. The number of anilines is 1. The molecule has 0 saturated carbocycles. The van der Waals surface area contributed by atoms with Gasteiger partial charge in [-0.2, -0.15) is 5.10 Å². The highest BCUT2D eigenvalue weighted by Crippen LogP contribution is 2.29. The van der Waals surface area contributed by atoms with E-state index in [1.807, 2.05) is 0 Å². The molecule has 4 rings (SSSR count). The van der Waals surface area contributed by atoms with Crippen molar-refractivity contribution in [1.29, 1.82) is 0 Å². The highest BCUT2D eigenvalue weighted by Gasteiger charge is 2.41. The van der Waals surface area contributed by atoms with Gasteiger partial charge in [-0.05, 0) is 26.0 Å². The Balaban J connectivity index is 1.70. The smallest absolute Gasteiger partial charge is 0.183 e. The van der Waals surface area contributed by atoms with Crippen LogP contribution in [-0.2, 0) is 16.4 Å². The molecule has 33 heavy (non-hydrogen) atoms. The third kappa shape index (κ3) is 4.37. The quantitative estimate of drug-likeness (QED) is 0.524. The fraction of sp³-hybridized carbons (Fsp3) is 0.364. The molecule has 1 fully saturated rings. The van der Waals surface area contributed by atoms with Gasteiger partial charge in [-0.15, -0.1) is 0 Å². The normalized spacial score (nSPS) is 17.2. The van der Waals surface area contributed by atoms with Gasteiger partial charge in [-0.1, -0.05) is 18.2 Å². The van der Waals surface area contributed by atoms with Gasteiger partial charge in [-0.25, -0.2) is 27.2 Å². The Labute approximate surface area is 190 Å². The Hall–Kier alpha value is -3.21. The van der Waals surface area contributed by atoms with Crippen LogP contribution in [0.15, 0.2) is 36.5 Å². The van der Waals surface area contributed by atoms with Gasteiger partial charge in [0.15, 0.2) is 33.1 Å². The molecule has 3 aromatic rings. The Bertz CT molecular complexity index is 1340. The molecule has 1 aliphatic heterocycles. The summed E-state index contributed by atoms with van der Waals surface area (Å²) in [5, 5.41) is 4.37. The van der Waals surface area contributed by atoms with E-state index in [1.165, 1.54) is 23.7 Å². The Morgan fingerprint density at radius 3 is 2.58 bits per heavy atom. The molecule has 0 atom stereocenters. The maximum atomic E-state index is 14.6. The van der Waals surface area contributed by atoms with Crippen LogP contribution in [0.5, 0.6) is 0 Å². The first kappa shape index (κ1) is 23.0. The van der Waals surface area contributed by atoms with Crippen molar-refractivity contribution < 1.29 is 22.0 Å². The molecule has 2 aromatic heterocycles. The molecular formula is C22H23F2N5O3S.